The number of unbranched alkanes of at least 4 members (excludes halogenated alkanes) is 3. The van der Waals surface area contributed by atoms with Crippen molar-refractivity contribution in [2.24, 2.45) is 0 Å². The van der Waals surface area contributed by atoms with Crippen LogP contribution in [0.5, 0.6) is 5.75 Å². The highest BCUT2D eigenvalue weighted by atomic mass is 32.5. The fraction of sp³-hybridized carbons (Fsp3) is 0.407. The van der Waals surface area contributed by atoms with E-state index in [0.717, 1.165) is 41.6 Å². The third-order valence-electron chi connectivity index (χ3n) is 12.3. The van der Waals surface area contributed by atoms with Crippen molar-refractivity contribution in [3.8, 4) is 39.6 Å². The van der Waals surface area contributed by atoms with Crippen molar-refractivity contribution in [2.75, 3.05) is 90.7 Å². The van der Waals surface area contributed by atoms with Gasteiger partial charge in [0.25, 0.3) is 5.91 Å². The molecule has 0 saturated carbocycles. The molecule has 23 heteroatoms. The predicted molar refractivity (Wildman–Crippen MR) is 289 cm³/mol. The second-order valence-electron chi connectivity index (χ2n) is 17.7. The van der Waals surface area contributed by atoms with Gasteiger partial charge in [0, 0.05) is 59.8 Å². The fourth-order valence-electron chi connectivity index (χ4n) is 8.40. The first-order valence-corrected chi connectivity index (χ1v) is 28.1. The summed E-state index contributed by atoms with van der Waals surface area (Å²) in [6.07, 6.45) is 3.05. The number of aromatic nitrogens is 3. The first-order valence-electron chi connectivity index (χ1n) is 25.5. The third-order valence-corrected chi connectivity index (χ3v) is 13.2. The molecule has 7 rings (SSSR count). The lowest BCUT2D eigenvalue weighted by atomic mass is 9.95. The van der Waals surface area contributed by atoms with Crippen LogP contribution in [-0.2, 0) is 69.3 Å². The van der Waals surface area contributed by atoms with Crippen molar-refractivity contribution in [1.29, 1.82) is 0 Å². The molecule has 0 unspecified atom stereocenters. The van der Waals surface area contributed by atoms with Gasteiger partial charge in [0.15, 0.2) is 16.8 Å². The summed E-state index contributed by atoms with van der Waals surface area (Å²) in [7, 11) is 0. The minimum absolute atomic E-state index is 0.0155. The van der Waals surface area contributed by atoms with Crippen LogP contribution in [0.1, 0.15) is 60.0 Å². The highest BCUT2D eigenvalue weighted by molar-refractivity contribution is 8.06. The zero-order valence-electron chi connectivity index (χ0n) is 42.6. The number of fused-ring (bicyclic) bond motifs is 6. The van der Waals surface area contributed by atoms with Crippen molar-refractivity contribution in [3.05, 3.63) is 118 Å². The van der Waals surface area contributed by atoms with Crippen LogP contribution in [0.2, 0.25) is 0 Å². The molecule has 21 nitrogen and oxygen atoms in total. The average Bonchev–Trinajstić information content (AvgIpc) is 3.92. The molecule has 0 saturated heterocycles. The van der Waals surface area contributed by atoms with Crippen molar-refractivity contribution in [2.45, 2.75) is 58.2 Å². The number of benzene rings is 4. The number of rotatable bonds is 32. The molecule has 0 radical (unpaired) electrons. The number of anilines is 1. The summed E-state index contributed by atoms with van der Waals surface area (Å²) in [4.78, 5) is 71.9. The minimum Gasteiger partial charge on any atom is -0.504 e. The smallest absolute Gasteiger partial charge is 0.321 e. The average molecular weight is 1100 g/mol. The summed E-state index contributed by atoms with van der Waals surface area (Å²) < 4.78 is 40.8. The largest absolute Gasteiger partial charge is 0.504 e. The van der Waals surface area contributed by atoms with Crippen molar-refractivity contribution in [1.82, 2.24) is 25.6 Å². The van der Waals surface area contributed by atoms with E-state index in [-0.39, 0.29) is 90.3 Å². The predicted octanol–water partition coefficient (Wildman–Crippen LogP) is 5.63. The Morgan fingerprint density at radius 1 is 0.714 bits per heavy atom. The van der Waals surface area contributed by atoms with Gasteiger partial charge >= 0.3 is 6.72 Å². The van der Waals surface area contributed by atoms with Gasteiger partial charge in [0.1, 0.15) is 11.5 Å². The Hall–Kier alpha value is -6.27. The summed E-state index contributed by atoms with van der Waals surface area (Å²) in [5.74, 6) is -0.774. The number of para-hydroxylation sites is 1. The summed E-state index contributed by atoms with van der Waals surface area (Å²) >= 11 is 4.45. The monoisotopic (exact) mass is 1100 g/mol. The first kappa shape index (κ1) is 58.4. The lowest BCUT2D eigenvalue weighted by molar-refractivity contribution is -0.125. The number of hydrogen-bond acceptors (Lipinski definition) is 16. The normalized spacial score (nSPS) is 12.2. The molecular formula is C54H65N6O15PS. The standard InChI is InChI=1S/C54H65N6O15PS/c61-37-41-17-18-44-46(62)35-47(75-53(44)52(41)65)38-13-15-39(16-14-38)54(66)56-22-25-69-27-29-71-31-33-73-34-32-72-30-28-70-26-23-60-51-42-10-4-3-9-40(42)36-59(45-12-6-5-11-43(45)50(51)57-58-60)49(64)20-19-48(63)55-21-7-1-2-8-24-74-76(67,68)77/h3-6,9-18,35,61,65H,1-2,7-8,19-34,36-37H2,(H,55,63)(H,56,66)(H2,67,68,77). The van der Waals surface area contributed by atoms with Gasteiger partial charge in [-0.25, -0.2) is 4.68 Å². The summed E-state index contributed by atoms with van der Waals surface area (Å²) in [6.45, 7) is 1.25. The number of aliphatic hydroxyl groups is 1. The third kappa shape index (κ3) is 17.4. The molecule has 0 fully saturated rings. The van der Waals surface area contributed by atoms with Gasteiger partial charge in [-0.3, -0.25) is 19.2 Å². The van der Waals surface area contributed by atoms with Gasteiger partial charge in [-0.05, 0) is 54.5 Å². The van der Waals surface area contributed by atoms with Crippen molar-refractivity contribution >= 4 is 52.9 Å². The van der Waals surface area contributed by atoms with Gasteiger partial charge in [-0.15, -0.1) is 5.10 Å². The molecule has 0 spiro atoms. The SMILES string of the molecule is O=C(CCC(=O)N1Cc2ccccc2-c2c(nnn2CCOCCOCCOCCOCCOCCNC(=O)c2ccc(-c3cc(=O)c4ccc(CO)c(O)c4o3)cc2)-c2ccccc21)NCCCCCCOP(O)(O)=S. The Labute approximate surface area is 450 Å². The molecule has 1 aliphatic heterocycles. The fourth-order valence-corrected chi connectivity index (χ4v) is 8.99. The molecule has 0 atom stereocenters. The topological polar surface area (TPSA) is 276 Å². The van der Waals surface area contributed by atoms with Crippen molar-refractivity contribution in [3.63, 3.8) is 0 Å². The molecule has 0 bridgehead atoms. The zero-order chi connectivity index (χ0) is 54.4. The lowest BCUT2D eigenvalue weighted by Gasteiger charge is -2.28. The van der Waals surface area contributed by atoms with Crippen LogP contribution in [-0.4, -0.2) is 138 Å². The molecule has 3 amide bonds. The minimum atomic E-state index is -3.63. The van der Waals surface area contributed by atoms with Crippen LogP contribution < -0.4 is 21.0 Å². The van der Waals surface area contributed by atoms with E-state index in [1.807, 2.05) is 53.2 Å². The summed E-state index contributed by atoms with van der Waals surface area (Å²) in [5, 5.41) is 34.9. The van der Waals surface area contributed by atoms with E-state index in [0.29, 0.717) is 101 Å². The number of aromatic hydroxyl groups is 1. The number of carbonyl (C=O) groups excluding carboxylic acids is 3. The van der Waals surface area contributed by atoms with E-state index in [4.69, 9.17) is 42.4 Å². The van der Waals surface area contributed by atoms with E-state index in [1.165, 1.54) is 18.2 Å². The Morgan fingerprint density at radius 3 is 2.06 bits per heavy atom. The lowest BCUT2D eigenvalue weighted by Crippen LogP contribution is -2.33. The number of phenols is 1. The number of nitrogens with one attached hydrogen (secondary N) is 2. The summed E-state index contributed by atoms with van der Waals surface area (Å²) in [5.41, 5.74) is 5.51. The van der Waals surface area contributed by atoms with Crippen LogP contribution in [0.25, 0.3) is 44.8 Å². The van der Waals surface area contributed by atoms with Gasteiger partial charge in [0.05, 0.1) is 109 Å². The molecule has 77 heavy (non-hydrogen) atoms. The van der Waals surface area contributed by atoms with Crippen LogP contribution in [0.3, 0.4) is 0 Å². The quantitative estimate of drug-likeness (QED) is 0.0221. The van der Waals surface area contributed by atoms with Crippen LogP contribution in [0, 0.1) is 0 Å². The Balaban J connectivity index is 0.729. The molecule has 4 aromatic carbocycles. The number of carbonyl (C=O) groups is 3. The maximum Gasteiger partial charge on any atom is 0.321 e. The Bertz CT molecular complexity index is 3000. The van der Waals surface area contributed by atoms with Gasteiger partial charge in [-0.1, -0.05) is 78.7 Å². The molecule has 3 heterocycles. The van der Waals surface area contributed by atoms with Gasteiger partial charge in [-0.2, -0.15) is 0 Å². The molecule has 0 aliphatic carbocycles. The number of aliphatic hydroxyl groups excluding tert-OH is 1. The Kier molecular flexibility index (Phi) is 22.8. The molecule has 1 aliphatic rings. The number of nitrogens with zero attached hydrogens (tertiary/aromatic N) is 4. The van der Waals surface area contributed by atoms with Crippen molar-refractivity contribution < 1.29 is 67.0 Å². The number of hydrogen-bond donors (Lipinski definition) is 6. The molecule has 412 valence electrons. The molecular weight excluding hydrogens is 1040 g/mol. The van der Waals surface area contributed by atoms with Crippen LogP contribution in [0.4, 0.5) is 5.69 Å². The second kappa shape index (κ2) is 30.0. The van der Waals surface area contributed by atoms with Crippen LogP contribution >= 0.6 is 6.72 Å². The molecule has 6 N–H and O–H groups in total. The van der Waals surface area contributed by atoms with E-state index >= 15 is 0 Å². The van der Waals surface area contributed by atoms with Crippen LogP contribution in [0.15, 0.2) is 100 Å². The van der Waals surface area contributed by atoms with E-state index in [1.54, 1.807) is 29.2 Å². The second-order valence-corrected chi connectivity index (χ2v) is 20.4. The molecule has 2 aromatic heterocycles. The Morgan fingerprint density at radius 2 is 1.36 bits per heavy atom. The van der Waals surface area contributed by atoms with Gasteiger partial charge in [0.2, 0.25) is 11.8 Å². The van der Waals surface area contributed by atoms with E-state index < -0.39 is 13.3 Å². The molecule has 6 aromatic rings. The number of amides is 3. The van der Waals surface area contributed by atoms with E-state index in [9.17, 15) is 29.4 Å². The maximum atomic E-state index is 13.9. The maximum absolute atomic E-state index is 13.9. The number of ether oxygens (including phenoxy) is 5. The van der Waals surface area contributed by atoms with Gasteiger partial charge < -0.3 is 68.2 Å². The van der Waals surface area contributed by atoms with E-state index in [2.05, 4.69) is 32.8 Å². The highest BCUT2D eigenvalue weighted by Crippen LogP contribution is 2.41. The first-order chi connectivity index (χ1) is 37.4. The highest BCUT2D eigenvalue weighted by Gasteiger charge is 2.29. The summed E-state index contributed by atoms with van der Waals surface area (Å²) in [6, 6.07) is 26.2. The zero-order valence-corrected chi connectivity index (χ0v) is 44.4.